The monoisotopic (exact) mass is 1270 g/mol. The van der Waals surface area contributed by atoms with E-state index >= 15 is 0 Å². The zero-order chi connectivity index (χ0) is 67.7. The average Bonchev–Trinajstić information content (AvgIpc) is 1.94. The maximum absolute atomic E-state index is 14.4. The number of aromatic amines is 1. The maximum Gasteiger partial charge on any atom is 0.326 e. The highest BCUT2D eigenvalue weighted by atomic mass is 16.4. The van der Waals surface area contributed by atoms with E-state index in [0.29, 0.717) is 16.5 Å². The normalized spacial score (nSPS) is 16.5. The lowest BCUT2D eigenvalue weighted by atomic mass is 9.96. The third-order valence-corrected chi connectivity index (χ3v) is 14.8. The minimum Gasteiger partial charge on any atom is -0.481 e. The molecule has 498 valence electrons. The molecule has 0 bridgehead atoms. The largest absolute Gasteiger partial charge is 0.481 e. The molecule has 2 aromatic rings. The number of hydrogen-bond acceptors (Lipinski definition) is 17. The number of likely N-dealkylation sites (tertiary alicyclic amines) is 1. The number of primary amides is 1. The van der Waals surface area contributed by atoms with E-state index in [1.165, 1.54) is 13.8 Å². The van der Waals surface area contributed by atoms with Crippen LogP contribution in [-0.2, 0) is 73.5 Å². The van der Waals surface area contributed by atoms with Gasteiger partial charge in [0, 0.05) is 55.9 Å². The first-order chi connectivity index (χ1) is 42.3. The van der Waals surface area contributed by atoms with Gasteiger partial charge in [-0.05, 0) is 75.3 Å². The number of carboxylic acid groups (broad SMARTS) is 4. The molecule has 1 aromatic heterocycles. The Balaban J connectivity index is 1.88. The number of guanidine groups is 1. The summed E-state index contributed by atoms with van der Waals surface area (Å²) < 4.78 is 0. The lowest BCUT2D eigenvalue weighted by molar-refractivity contribution is -0.145. The Kier molecular flexibility index (Phi) is 30.0. The minimum atomic E-state index is -1.91. The third-order valence-electron chi connectivity index (χ3n) is 14.8. The Hall–Kier alpha value is -9.47. The van der Waals surface area contributed by atoms with Gasteiger partial charge in [0.15, 0.2) is 5.96 Å². The van der Waals surface area contributed by atoms with Gasteiger partial charge >= 0.3 is 23.9 Å². The number of carboxylic acids is 4. The highest BCUT2D eigenvalue weighted by Crippen LogP contribution is 2.22. The zero-order valence-corrected chi connectivity index (χ0v) is 50.7. The highest BCUT2D eigenvalue weighted by Gasteiger charge is 2.43. The van der Waals surface area contributed by atoms with E-state index in [4.69, 9.17) is 28.0 Å². The van der Waals surface area contributed by atoms with Crippen molar-refractivity contribution in [3.05, 3.63) is 36.0 Å². The quantitative estimate of drug-likeness (QED) is 0.0171. The number of aliphatic imine (C=N–C) groups is 1. The first-order valence-corrected chi connectivity index (χ1v) is 29.2. The molecule has 1 fully saturated rings. The predicted octanol–water partition coefficient (Wildman–Crippen LogP) is -4.40. The summed E-state index contributed by atoms with van der Waals surface area (Å²) in [4.78, 5) is 193. The Bertz CT molecular complexity index is 2950. The molecule has 34 heteroatoms. The number of nitrogens with zero attached hydrogens (tertiary/aromatic N) is 2. The summed E-state index contributed by atoms with van der Waals surface area (Å²) in [5, 5.41) is 69.0. The van der Waals surface area contributed by atoms with Gasteiger partial charge in [0.05, 0.1) is 18.6 Å². The molecule has 0 aliphatic carbocycles. The van der Waals surface area contributed by atoms with Gasteiger partial charge in [0.1, 0.15) is 54.4 Å². The molecule has 34 nitrogen and oxygen atoms in total. The van der Waals surface area contributed by atoms with Gasteiger partial charge in [-0.3, -0.25) is 67.3 Å². The van der Waals surface area contributed by atoms with Gasteiger partial charge in [-0.2, -0.15) is 0 Å². The van der Waals surface area contributed by atoms with E-state index in [1.807, 2.05) is 0 Å². The van der Waals surface area contributed by atoms with Crippen molar-refractivity contribution >= 4 is 99.8 Å². The fourth-order valence-corrected chi connectivity index (χ4v) is 9.60. The highest BCUT2D eigenvalue weighted by molar-refractivity contribution is 6.00. The number of hydrogen-bond donors (Lipinski definition) is 18. The average molecular weight is 1270 g/mol. The molecular formula is C56H85N15O19. The number of aliphatic hydroxyl groups excluding tert-OH is 1. The van der Waals surface area contributed by atoms with Gasteiger partial charge in [-0.25, -0.2) is 4.79 Å². The van der Waals surface area contributed by atoms with Gasteiger partial charge in [-0.15, -0.1) is 0 Å². The predicted molar refractivity (Wildman–Crippen MR) is 318 cm³/mol. The Morgan fingerprint density at radius 1 is 0.622 bits per heavy atom. The summed E-state index contributed by atoms with van der Waals surface area (Å²) in [6.07, 6.45) is -4.46. The van der Waals surface area contributed by atoms with Crippen LogP contribution in [0, 0.1) is 11.8 Å². The second-order valence-electron chi connectivity index (χ2n) is 22.2. The first kappa shape index (κ1) is 74.8. The van der Waals surface area contributed by atoms with Gasteiger partial charge in [0.25, 0.3) is 0 Å². The molecule has 1 aliphatic heterocycles. The number of fused-ring (bicyclic) bond motifs is 1. The van der Waals surface area contributed by atoms with Crippen molar-refractivity contribution < 1.29 is 92.7 Å². The molecule has 90 heavy (non-hydrogen) atoms. The standard InChI is InChI=1S/C56H85N15O19/c1-6-27(4)44(69-51(85)38-14-10-22-71(38)54(88)45(28(5)72)70-49(83)35(17-20-42(78)79)65-52(86)43(26(2)3)68-46(80)31(57)15-18-40(74)75)53(87)64-33(13-9-21-61-56(59)60)47(81)66-36(24-39(58)73)50(84)63-34(16-19-41(76)77)48(82)67-37(55(89)90)23-29-25-62-32-12-8-7-11-30(29)32/h7-8,11-12,25-28,31,33-38,43-45,62,72H,6,9-10,13-24,57H2,1-5H3,(H2,58,73)(H,63,84)(H,64,87)(H,65,86)(H,66,81)(H,67,82)(H,68,80)(H,69,85)(H,70,83)(H,74,75)(H,76,77)(H,78,79)(H,89,90)(H4,59,60,61)/t27-,28+,31-,33-,34-,35-,36-,37-,38-,43-,44-,45-/m0/s1. The van der Waals surface area contributed by atoms with Gasteiger partial charge in [-0.1, -0.05) is 52.3 Å². The summed E-state index contributed by atoms with van der Waals surface area (Å²) in [5.41, 5.74) is 23.5. The van der Waals surface area contributed by atoms with Crippen molar-refractivity contribution in [2.75, 3.05) is 13.1 Å². The number of aromatic nitrogens is 1. The lowest BCUT2D eigenvalue weighted by Gasteiger charge is -2.33. The number of nitrogens with two attached hydrogens (primary N) is 4. The minimum absolute atomic E-state index is 0.00439. The van der Waals surface area contributed by atoms with Gasteiger partial charge in [0.2, 0.25) is 59.1 Å². The molecule has 22 N–H and O–H groups in total. The van der Waals surface area contributed by atoms with Gasteiger partial charge < -0.3 is 101 Å². The first-order valence-electron chi connectivity index (χ1n) is 29.2. The smallest absolute Gasteiger partial charge is 0.326 e. The molecular weight excluding hydrogens is 1190 g/mol. The van der Waals surface area contributed by atoms with Crippen LogP contribution in [0.3, 0.4) is 0 Å². The van der Waals surface area contributed by atoms with Crippen LogP contribution in [-0.4, -0.2) is 204 Å². The number of carbonyl (C=O) groups excluding carboxylic acids is 10. The van der Waals surface area contributed by atoms with Crippen LogP contribution in [0.15, 0.2) is 35.5 Å². The van der Waals surface area contributed by atoms with Crippen molar-refractivity contribution in [3.63, 3.8) is 0 Å². The second kappa shape index (κ2) is 36.1. The number of amides is 10. The van der Waals surface area contributed by atoms with Crippen LogP contribution in [0.2, 0.25) is 0 Å². The Morgan fingerprint density at radius 2 is 1.12 bits per heavy atom. The van der Waals surface area contributed by atoms with E-state index in [9.17, 15) is 87.5 Å². The molecule has 12 atom stereocenters. The molecule has 1 aliphatic rings. The zero-order valence-electron chi connectivity index (χ0n) is 50.7. The molecule has 1 saturated heterocycles. The Labute approximate surface area is 516 Å². The lowest BCUT2D eigenvalue weighted by Crippen LogP contribution is -2.62. The topological polar surface area (TPSA) is 572 Å². The Morgan fingerprint density at radius 3 is 1.66 bits per heavy atom. The molecule has 3 rings (SSSR count). The fraction of sp³-hybridized carbons (Fsp3) is 0.589. The van der Waals surface area contributed by atoms with Crippen LogP contribution in [0.4, 0.5) is 0 Å². The summed E-state index contributed by atoms with van der Waals surface area (Å²) in [5.74, 6) is -17.7. The second-order valence-corrected chi connectivity index (χ2v) is 22.2. The number of para-hydroxylation sites is 1. The van der Waals surface area contributed by atoms with E-state index in [0.717, 1.165) is 11.8 Å². The SMILES string of the molecule is CC[C@H](C)[C@H](NC(=O)[C@@H]1CCCN1C(=O)[C@@H](NC(=O)[C@H](CCC(=O)O)NC(=O)[C@@H](NC(=O)[C@@H](N)CCC(=O)O)C(C)C)[C@@H](C)O)C(=O)N[C@@H](CCCN=C(N)N)C(=O)N[C@@H](CC(N)=O)C(=O)N[C@@H](CCC(=O)O)C(=O)N[C@@H](Cc1c[nH]c2ccccc12)C(=O)O. The van der Waals surface area contributed by atoms with Crippen LogP contribution >= 0.6 is 0 Å². The molecule has 0 radical (unpaired) electrons. The van der Waals surface area contributed by atoms with E-state index in [1.54, 1.807) is 44.3 Å². The fourth-order valence-electron chi connectivity index (χ4n) is 9.60. The van der Waals surface area contributed by atoms with E-state index < -0.39 is 200 Å². The molecule has 1 aromatic carbocycles. The maximum atomic E-state index is 14.4. The number of aliphatic carboxylic acids is 4. The summed E-state index contributed by atoms with van der Waals surface area (Å²) in [6, 6.07) is -8.99. The van der Waals surface area contributed by atoms with Crippen molar-refractivity contribution in [2.24, 2.45) is 39.8 Å². The summed E-state index contributed by atoms with van der Waals surface area (Å²) >= 11 is 0. The number of rotatable bonds is 39. The van der Waals surface area contributed by atoms with Crippen molar-refractivity contribution in [1.29, 1.82) is 0 Å². The summed E-state index contributed by atoms with van der Waals surface area (Å²) in [6.45, 7) is 7.24. The number of benzene rings is 1. The van der Waals surface area contributed by atoms with Crippen LogP contribution in [0.5, 0.6) is 0 Å². The number of H-pyrrole nitrogens is 1. The van der Waals surface area contributed by atoms with Crippen LogP contribution in [0.1, 0.15) is 117 Å². The molecule has 2 heterocycles. The molecule has 0 spiro atoms. The van der Waals surface area contributed by atoms with Crippen LogP contribution in [0.25, 0.3) is 10.9 Å². The third kappa shape index (κ3) is 23.9. The van der Waals surface area contributed by atoms with Crippen molar-refractivity contribution in [2.45, 2.75) is 185 Å². The molecule has 0 saturated carbocycles. The number of nitrogens with one attached hydrogen (secondary N) is 9. The molecule has 10 amide bonds. The van der Waals surface area contributed by atoms with E-state index in [2.05, 4.69) is 52.5 Å². The van der Waals surface area contributed by atoms with Crippen molar-refractivity contribution in [1.82, 2.24) is 52.4 Å². The molecule has 0 unspecified atom stereocenters. The number of carbonyl (C=O) groups is 14. The van der Waals surface area contributed by atoms with Crippen molar-refractivity contribution in [3.8, 4) is 0 Å². The number of aliphatic hydroxyl groups is 1. The van der Waals surface area contributed by atoms with Crippen LogP contribution < -0.4 is 65.5 Å². The van der Waals surface area contributed by atoms with E-state index in [-0.39, 0.29) is 64.0 Å². The summed E-state index contributed by atoms with van der Waals surface area (Å²) in [7, 11) is 0.